The Labute approximate surface area is 191 Å². The van der Waals surface area contributed by atoms with Crippen molar-refractivity contribution in [2.24, 2.45) is 11.7 Å². The molecule has 0 unspecified atom stereocenters. The Morgan fingerprint density at radius 1 is 1.26 bits per heavy atom. The van der Waals surface area contributed by atoms with Crippen LogP contribution in [0.3, 0.4) is 0 Å². The van der Waals surface area contributed by atoms with Gasteiger partial charge in [-0.1, -0.05) is 13.0 Å². The third-order valence-corrected chi connectivity index (χ3v) is 6.18. The van der Waals surface area contributed by atoms with Crippen LogP contribution in [0.1, 0.15) is 41.4 Å². The highest BCUT2D eigenvalue weighted by molar-refractivity contribution is 5.98. The zero-order valence-corrected chi connectivity index (χ0v) is 18.6. The minimum Gasteiger partial charge on any atom is -0.493 e. The number of ether oxygens (including phenoxy) is 2. The molecule has 3 N–H and O–H groups in total. The number of methoxy groups -OCH3 is 1. The van der Waals surface area contributed by atoms with Crippen molar-refractivity contribution in [3.05, 3.63) is 52.9 Å². The molecule has 0 aliphatic carbocycles. The first kappa shape index (κ1) is 25.3. The molecule has 12 heteroatoms. The van der Waals surface area contributed by atoms with E-state index in [2.05, 4.69) is 10.3 Å². The number of rotatable bonds is 5. The maximum Gasteiger partial charge on any atom is 0.417 e. The average Bonchev–Trinajstić information content (AvgIpc) is 3.03. The zero-order chi connectivity index (χ0) is 25.6. The highest BCUT2D eigenvalue weighted by Crippen LogP contribution is 2.55. The van der Waals surface area contributed by atoms with E-state index in [9.17, 15) is 31.5 Å². The minimum atomic E-state index is -4.89. The summed E-state index contributed by atoms with van der Waals surface area (Å²) in [4.78, 5) is 28.4. The quantitative estimate of drug-likeness (QED) is 0.624. The molecule has 3 rings (SSSR count). The van der Waals surface area contributed by atoms with E-state index >= 15 is 0 Å². The van der Waals surface area contributed by atoms with Crippen molar-refractivity contribution in [2.75, 3.05) is 12.4 Å². The molecule has 0 radical (unpaired) electrons. The van der Waals surface area contributed by atoms with Crippen LogP contribution in [0.25, 0.3) is 0 Å². The molecule has 1 fully saturated rings. The summed E-state index contributed by atoms with van der Waals surface area (Å²) in [6, 6.07) is 2.97. The van der Waals surface area contributed by atoms with E-state index in [1.165, 1.54) is 19.2 Å². The number of anilines is 1. The van der Waals surface area contributed by atoms with Gasteiger partial charge in [0, 0.05) is 29.3 Å². The van der Waals surface area contributed by atoms with Crippen LogP contribution in [0.4, 0.5) is 27.6 Å². The number of benzene rings is 1. The molecule has 2 heterocycles. The second kappa shape index (κ2) is 8.82. The van der Waals surface area contributed by atoms with Gasteiger partial charge in [0.25, 0.3) is 11.8 Å². The summed E-state index contributed by atoms with van der Waals surface area (Å²) in [6.45, 7) is 3.53. The van der Waals surface area contributed by atoms with Gasteiger partial charge in [-0.25, -0.2) is 4.39 Å². The number of hydrogen-bond acceptors (Lipinski definition) is 5. The number of pyridine rings is 1. The van der Waals surface area contributed by atoms with Gasteiger partial charge in [-0.3, -0.25) is 14.6 Å². The van der Waals surface area contributed by atoms with E-state index < -0.39 is 58.9 Å². The smallest absolute Gasteiger partial charge is 0.417 e. The molecule has 7 nitrogen and oxygen atoms in total. The molecule has 1 aliphatic rings. The van der Waals surface area contributed by atoms with Crippen molar-refractivity contribution in [1.29, 1.82) is 0 Å². The molecule has 1 aromatic carbocycles. The Morgan fingerprint density at radius 3 is 2.47 bits per heavy atom. The van der Waals surface area contributed by atoms with Crippen molar-refractivity contribution in [1.82, 2.24) is 4.98 Å². The van der Waals surface area contributed by atoms with Gasteiger partial charge in [-0.2, -0.15) is 17.6 Å². The van der Waals surface area contributed by atoms with Gasteiger partial charge in [0.1, 0.15) is 11.8 Å². The van der Waals surface area contributed by atoms with E-state index in [-0.39, 0.29) is 16.9 Å². The molecule has 0 saturated carbocycles. The molecular weight excluding hydrogens is 465 g/mol. The number of nitrogens with two attached hydrogens (primary N) is 1. The Bertz CT molecular complexity index is 1140. The molecule has 4 atom stereocenters. The maximum atomic E-state index is 14.4. The van der Waals surface area contributed by atoms with Gasteiger partial charge < -0.3 is 20.5 Å². The standard InChI is InChI=1S/C22H22F5N3O4/c1-9-8-29-14(19(28)31)7-13(9)30-20(32)18-15(10(2)21(3,34-18)22(25,26)27)11-5-6-12(23)16(24)17(11)33-4/h5-8,10,15,18H,1-4H3,(H2,28,31)(H,29,30,32)/t10-,15-,18-,21+/m0/s1. The fourth-order valence-electron chi connectivity index (χ4n) is 4.04. The van der Waals surface area contributed by atoms with Gasteiger partial charge in [0.2, 0.25) is 5.82 Å². The minimum absolute atomic E-state index is 0.0710. The van der Waals surface area contributed by atoms with Crippen LogP contribution in [0, 0.1) is 24.5 Å². The van der Waals surface area contributed by atoms with E-state index in [4.69, 9.17) is 15.2 Å². The lowest BCUT2D eigenvalue weighted by atomic mass is 9.77. The second-order valence-corrected chi connectivity index (χ2v) is 8.18. The summed E-state index contributed by atoms with van der Waals surface area (Å²) in [5, 5.41) is 2.43. The summed E-state index contributed by atoms with van der Waals surface area (Å²) in [5.41, 5.74) is 2.53. The SMILES string of the molecule is COc1c([C@H]2[C@@H](C(=O)Nc3cc(C(N)=O)ncc3C)O[C@@](C)(C(F)(F)F)[C@H]2C)ccc(F)c1F. The highest BCUT2D eigenvalue weighted by atomic mass is 19.4. The lowest BCUT2D eigenvalue weighted by Crippen LogP contribution is -2.47. The van der Waals surface area contributed by atoms with Gasteiger partial charge in [0.05, 0.1) is 7.11 Å². The number of carbonyl (C=O) groups is 2. The Hall–Kier alpha value is -3.28. The highest BCUT2D eigenvalue weighted by Gasteiger charge is 2.65. The average molecular weight is 487 g/mol. The summed E-state index contributed by atoms with van der Waals surface area (Å²) in [5.74, 6) is -7.94. The summed E-state index contributed by atoms with van der Waals surface area (Å²) in [6.07, 6.45) is -5.41. The van der Waals surface area contributed by atoms with Gasteiger partial charge in [-0.05, 0) is 31.5 Å². The van der Waals surface area contributed by atoms with Crippen molar-refractivity contribution >= 4 is 17.5 Å². The third-order valence-electron chi connectivity index (χ3n) is 6.18. The number of primary amides is 1. The first-order valence-corrected chi connectivity index (χ1v) is 10.1. The first-order valence-electron chi connectivity index (χ1n) is 10.1. The molecule has 184 valence electrons. The number of amides is 2. The molecule has 34 heavy (non-hydrogen) atoms. The van der Waals surface area contributed by atoms with Crippen molar-refractivity contribution in [2.45, 2.75) is 44.6 Å². The number of nitrogens with one attached hydrogen (secondary N) is 1. The van der Waals surface area contributed by atoms with Crippen LogP contribution in [0.5, 0.6) is 5.75 Å². The monoisotopic (exact) mass is 487 g/mol. The molecule has 2 aromatic rings. The van der Waals surface area contributed by atoms with Crippen LogP contribution in [-0.4, -0.2) is 41.8 Å². The van der Waals surface area contributed by atoms with E-state index in [0.717, 1.165) is 26.2 Å². The van der Waals surface area contributed by atoms with E-state index in [0.29, 0.717) is 5.56 Å². The number of nitrogens with zero attached hydrogens (tertiary/aromatic N) is 1. The number of aromatic nitrogens is 1. The first-order chi connectivity index (χ1) is 15.7. The fraction of sp³-hybridized carbons (Fsp3) is 0.409. The number of carbonyl (C=O) groups excluding carboxylic acids is 2. The van der Waals surface area contributed by atoms with E-state index in [1.54, 1.807) is 6.92 Å². The van der Waals surface area contributed by atoms with Crippen LogP contribution < -0.4 is 15.8 Å². The van der Waals surface area contributed by atoms with Crippen molar-refractivity contribution in [3.8, 4) is 5.75 Å². The van der Waals surface area contributed by atoms with Crippen LogP contribution in [-0.2, 0) is 9.53 Å². The van der Waals surface area contributed by atoms with Crippen LogP contribution >= 0.6 is 0 Å². The van der Waals surface area contributed by atoms with E-state index in [1.807, 2.05) is 0 Å². The maximum absolute atomic E-state index is 14.4. The summed E-state index contributed by atoms with van der Waals surface area (Å²) < 4.78 is 80.4. The molecule has 0 spiro atoms. The largest absolute Gasteiger partial charge is 0.493 e. The molecule has 1 aromatic heterocycles. The normalized spacial score (nSPS) is 24.7. The summed E-state index contributed by atoms with van der Waals surface area (Å²) >= 11 is 0. The fourth-order valence-corrected chi connectivity index (χ4v) is 4.04. The van der Waals surface area contributed by atoms with Crippen LogP contribution in [0.15, 0.2) is 24.4 Å². The molecule has 1 saturated heterocycles. The molecular formula is C22H22F5N3O4. The molecule has 0 bridgehead atoms. The third kappa shape index (κ3) is 4.17. The Balaban J connectivity index is 2.10. The number of alkyl halides is 3. The number of aryl methyl sites for hydroxylation is 1. The number of hydrogen-bond donors (Lipinski definition) is 2. The molecule has 2 amide bonds. The Morgan fingerprint density at radius 2 is 1.91 bits per heavy atom. The van der Waals surface area contributed by atoms with Gasteiger partial charge in [-0.15, -0.1) is 0 Å². The van der Waals surface area contributed by atoms with Gasteiger partial charge in [0.15, 0.2) is 17.2 Å². The van der Waals surface area contributed by atoms with Crippen LogP contribution in [0.2, 0.25) is 0 Å². The lowest BCUT2D eigenvalue weighted by Gasteiger charge is -2.32. The Kier molecular flexibility index (Phi) is 6.57. The van der Waals surface area contributed by atoms with Crippen molar-refractivity contribution in [3.63, 3.8) is 0 Å². The topological polar surface area (TPSA) is 104 Å². The predicted octanol–water partition coefficient (Wildman–Crippen LogP) is 3.85. The molecule has 1 aliphatic heterocycles. The van der Waals surface area contributed by atoms with Crippen molar-refractivity contribution < 1.29 is 41.0 Å². The second-order valence-electron chi connectivity index (χ2n) is 8.18. The summed E-state index contributed by atoms with van der Waals surface area (Å²) in [7, 11) is 1.03. The predicted molar refractivity (Wildman–Crippen MR) is 110 cm³/mol. The number of halogens is 5. The lowest BCUT2D eigenvalue weighted by molar-refractivity contribution is -0.272. The van der Waals surface area contributed by atoms with Gasteiger partial charge >= 0.3 is 6.18 Å². The zero-order valence-electron chi connectivity index (χ0n) is 18.6.